The summed E-state index contributed by atoms with van der Waals surface area (Å²) in [5.41, 5.74) is -0.916. The first-order chi connectivity index (χ1) is 13.1. The van der Waals surface area contributed by atoms with Crippen LogP contribution in [0.3, 0.4) is 0 Å². The number of ether oxygens (including phenoxy) is 2. The maximum atomic E-state index is 13.5. The van der Waals surface area contributed by atoms with Crippen molar-refractivity contribution in [2.75, 3.05) is 12.9 Å². The zero-order valence-corrected chi connectivity index (χ0v) is 17.4. The van der Waals surface area contributed by atoms with Crippen LogP contribution in [0.15, 0.2) is 30.3 Å². The Morgan fingerprint density at radius 3 is 2.57 bits per heavy atom. The molecule has 2 aliphatic rings. The largest absolute Gasteiger partial charge is 0.467 e. The van der Waals surface area contributed by atoms with E-state index in [-0.39, 0.29) is 11.3 Å². The highest BCUT2D eigenvalue weighted by atomic mass is 32.2. The fourth-order valence-electron chi connectivity index (χ4n) is 3.68. The third-order valence-corrected chi connectivity index (χ3v) is 6.11. The van der Waals surface area contributed by atoms with Crippen molar-refractivity contribution in [2.45, 2.75) is 56.2 Å². The quantitative estimate of drug-likeness (QED) is 0.773. The third-order valence-electron chi connectivity index (χ3n) is 4.82. The van der Waals surface area contributed by atoms with E-state index >= 15 is 0 Å². The molecule has 0 radical (unpaired) electrons. The van der Waals surface area contributed by atoms with Crippen molar-refractivity contribution in [3.05, 3.63) is 35.9 Å². The minimum atomic E-state index is -1.16. The first-order valence-corrected chi connectivity index (χ1v) is 10.3. The Morgan fingerprint density at radius 1 is 1.29 bits per heavy atom. The van der Waals surface area contributed by atoms with E-state index in [4.69, 9.17) is 9.47 Å². The van der Waals surface area contributed by atoms with Gasteiger partial charge in [-0.3, -0.25) is 4.79 Å². The fourth-order valence-corrected chi connectivity index (χ4v) is 5.19. The van der Waals surface area contributed by atoms with Gasteiger partial charge in [-0.15, -0.1) is 11.8 Å². The van der Waals surface area contributed by atoms with E-state index in [1.54, 1.807) is 25.7 Å². The van der Waals surface area contributed by atoms with Gasteiger partial charge < -0.3 is 19.7 Å². The Kier molecular flexibility index (Phi) is 5.61. The van der Waals surface area contributed by atoms with Crippen molar-refractivity contribution in [1.29, 1.82) is 0 Å². The monoisotopic (exact) mass is 406 g/mol. The predicted molar refractivity (Wildman–Crippen MR) is 106 cm³/mol. The van der Waals surface area contributed by atoms with Crippen LogP contribution in [0.25, 0.3) is 0 Å². The Bertz CT molecular complexity index is 764. The highest BCUT2D eigenvalue weighted by Gasteiger charge is 2.59. The van der Waals surface area contributed by atoms with Crippen LogP contribution < -0.4 is 5.32 Å². The second kappa shape index (κ2) is 7.66. The first kappa shape index (κ1) is 20.5. The molecular weight excluding hydrogens is 380 g/mol. The summed E-state index contributed by atoms with van der Waals surface area (Å²) in [5.74, 6) is -0.208. The molecule has 1 aromatic carbocycles. The summed E-state index contributed by atoms with van der Waals surface area (Å²) in [4.78, 5) is 39.7. The molecule has 0 aromatic heterocycles. The van der Waals surface area contributed by atoms with Crippen molar-refractivity contribution in [3.63, 3.8) is 0 Å². The molecule has 0 spiro atoms. The molecule has 1 N–H and O–H groups in total. The highest BCUT2D eigenvalue weighted by molar-refractivity contribution is 8.00. The molecule has 3 atom stereocenters. The van der Waals surface area contributed by atoms with Crippen LogP contribution >= 0.6 is 11.8 Å². The zero-order valence-electron chi connectivity index (χ0n) is 16.6. The SMILES string of the molecule is COC(=O)[C@H]1CS[C@@H]2C[C@](Cc3ccccc3)(NC(=O)OC(C)(C)C)C(=O)N12. The summed E-state index contributed by atoms with van der Waals surface area (Å²) < 4.78 is 10.3. The molecule has 0 aliphatic carbocycles. The highest BCUT2D eigenvalue weighted by Crippen LogP contribution is 2.43. The van der Waals surface area contributed by atoms with Crippen LogP contribution in [-0.4, -0.2) is 58.3 Å². The Balaban J connectivity index is 1.90. The van der Waals surface area contributed by atoms with E-state index in [2.05, 4.69) is 5.32 Å². The van der Waals surface area contributed by atoms with Gasteiger partial charge in [-0.2, -0.15) is 0 Å². The Hall–Kier alpha value is -2.22. The summed E-state index contributed by atoms with van der Waals surface area (Å²) in [6.45, 7) is 5.32. The number of carbonyl (C=O) groups excluding carboxylic acids is 3. The molecule has 2 fully saturated rings. The maximum absolute atomic E-state index is 13.5. The topological polar surface area (TPSA) is 84.9 Å². The van der Waals surface area contributed by atoms with Gasteiger partial charge in [0.15, 0.2) is 0 Å². The van der Waals surface area contributed by atoms with Crippen LogP contribution in [0.2, 0.25) is 0 Å². The van der Waals surface area contributed by atoms with Gasteiger partial charge in [0.1, 0.15) is 17.2 Å². The maximum Gasteiger partial charge on any atom is 0.408 e. The fraction of sp³-hybridized carbons (Fsp3) is 0.550. The van der Waals surface area contributed by atoms with Crippen LogP contribution in [0.4, 0.5) is 4.79 Å². The molecule has 3 rings (SSSR count). The van der Waals surface area contributed by atoms with Gasteiger partial charge in [-0.05, 0) is 26.3 Å². The predicted octanol–water partition coefficient (Wildman–Crippen LogP) is 2.34. The minimum Gasteiger partial charge on any atom is -0.467 e. The van der Waals surface area contributed by atoms with E-state index in [1.165, 1.54) is 18.9 Å². The number of hydrogen-bond donors (Lipinski definition) is 1. The van der Waals surface area contributed by atoms with Crippen molar-refractivity contribution >= 4 is 29.7 Å². The van der Waals surface area contributed by atoms with E-state index in [0.29, 0.717) is 18.6 Å². The average molecular weight is 407 g/mol. The zero-order chi connectivity index (χ0) is 20.5. The number of fused-ring (bicyclic) bond motifs is 1. The van der Waals surface area contributed by atoms with E-state index in [9.17, 15) is 14.4 Å². The number of esters is 1. The molecule has 7 nitrogen and oxygen atoms in total. The Labute approximate surface area is 169 Å². The molecule has 2 aliphatic heterocycles. The van der Waals surface area contributed by atoms with Gasteiger partial charge in [0.05, 0.1) is 12.5 Å². The molecule has 1 aromatic rings. The molecule has 0 saturated carbocycles. The van der Waals surface area contributed by atoms with Crippen molar-refractivity contribution < 1.29 is 23.9 Å². The number of rotatable bonds is 4. The van der Waals surface area contributed by atoms with Crippen molar-refractivity contribution in [3.8, 4) is 0 Å². The normalized spacial score (nSPS) is 26.7. The van der Waals surface area contributed by atoms with Gasteiger partial charge >= 0.3 is 12.1 Å². The second-order valence-electron chi connectivity index (χ2n) is 8.11. The lowest BCUT2D eigenvalue weighted by Gasteiger charge is -2.31. The average Bonchev–Trinajstić information content (AvgIpc) is 3.12. The van der Waals surface area contributed by atoms with Gasteiger partial charge in [-0.25, -0.2) is 9.59 Å². The summed E-state index contributed by atoms with van der Waals surface area (Å²) >= 11 is 1.53. The van der Waals surface area contributed by atoms with Crippen molar-refractivity contribution in [2.24, 2.45) is 0 Å². The second-order valence-corrected chi connectivity index (χ2v) is 9.33. The number of nitrogens with zero attached hydrogens (tertiary/aromatic N) is 1. The molecule has 0 unspecified atom stereocenters. The van der Waals surface area contributed by atoms with Gasteiger partial charge in [-0.1, -0.05) is 30.3 Å². The molecule has 8 heteroatoms. The Morgan fingerprint density at radius 2 is 1.96 bits per heavy atom. The molecule has 152 valence electrons. The molecule has 2 saturated heterocycles. The number of amides is 2. The number of thioether (sulfide) groups is 1. The first-order valence-electron chi connectivity index (χ1n) is 9.22. The van der Waals surface area contributed by atoms with Crippen LogP contribution in [0.1, 0.15) is 32.8 Å². The number of hydrogen-bond acceptors (Lipinski definition) is 6. The third kappa shape index (κ3) is 4.11. The van der Waals surface area contributed by atoms with Crippen LogP contribution in [0.5, 0.6) is 0 Å². The lowest BCUT2D eigenvalue weighted by Crippen LogP contribution is -2.58. The molecule has 2 amide bonds. The smallest absolute Gasteiger partial charge is 0.408 e. The van der Waals surface area contributed by atoms with E-state index < -0.39 is 29.2 Å². The summed E-state index contributed by atoms with van der Waals surface area (Å²) in [7, 11) is 1.32. The summed E-state index contributed by atoms with van der Waals surface area (Å²) in [5, 5.41) is 2.65. The van der Waals surface area contributed by atoms with E-state index in [0.717, 1.165) is 5.56 Å². The summed E-state index contributed by atoms with van der Waals surface area (Å²) in [6, 6.07) is 8.88. The van der Waals surface area contributed by atoms with E-state index in [1.807, 2.05) is 30.3 Å². The number of benzene rings is 1. The summed E-state index contributed by atoms with van der Waals surface area (Å²) in [6.07, 6.45) is 0.0865. The minimum absolute atomic E-state index is 0.185. The molecule has 28 heavy (non-hydrogen) atoms. The van der Waals surface area contributed by atoms with Crippen LogP contribution in [-0.2, 0) is 25.5 Å². The van der Waals surface area contributed by atoms with Crippen molar-refractivity contribution in [1.82, 2.24) is 10.2 Å². The van der Waals surface area contributed by atoms with Gasteiger partial charge in [0, 0.05) is 18.6 Å². The number of nitrogens with one attached hydrogen (secondary N) is 1. The molecular formula is C20H26N2O5S. The van der Waals surface area contributed by atoms with Gasteiger partial charge in [0.25, 0.3) is 5.91 Å². The number of alkyl carbamates (subject to hydrolysis) is 1. The van der Waals surface area contributed by atoms with Gasteiger partial charge in [0.2, 0.25) is 0 Å². The molecule has 2 heterocycles. The van der Waals surface area contributed by atoms with Crippen LogP contribution in [0, 0.1) is 0 Å². The lowest BCUT2D eigenvalue weighted by atomic mass is 9.89. The number of methoxy groups -OCH3 is 1. The lowest BCUT2D eigenvalue weighted by molar-refractivity contribution is -0.151. The molecule has 0 bridgehead atoms. The number of carbonyl (C=O) groups is 3. The standard InChI is InChI=1S/C20H26N2O5S/c1-19(2,3)27-18(25)21-20(10-13-8-6-5-7-9-13)11-15-22(17(20)24)14(12-28-15)16(23)26-4/h5-9,14-15H,10-12H2,1-4H3,(H,21,25)/t14-,15-,20+/m1/s1.